The minimum Gasteiger partial charge on any atom is -0.496 e. The van der Waals surface area contributed by atoms with Crippen molar-refractivity contribution in [2.45, 2.75) is 16.6 Å². The Kier molecular flexibility index (Phi) is 5.53. The van der Waals surface area contributed by atoms with Gasteiger partial charge in [-0.15, -0.1) is 0 Å². The molecule has 0 spiro atoms. The maximum atomic E-state index is 12.9. The number of H-pyrrole nitrogens is 1. The van der Waals surface area contributed by atoms with Crippen LogP contribution in [0.25, 0.3) is 11.3 Å². The number of aromatic amines is 1. The Morgan fingerprint density at radius 2 is 1.93 bits per heavy atom. The van der Waals surface area contributed by atoms with E-state index in [0.29, 0.717) is 35.1 Å². The molecule has 1 atom stereocenters. The standard InChI is InChI=1S/C21H20ClN3O4S/c1-29-20-5-3-2-4-17(20)18-12-19(24-23-18)21(26)25-11-10-16(13-25)30(27,28)15-8-6-14(22)7-9-15/h2-9,12,16H,10-11,13H2,1H3,(H,23,24). The molecule has 7 nitrogen and oxygen atoms in total. The number of carbonyl (C=O) groups excluding carboxylic acids is 1. The van der Waals surface area contributed by atoms with Crippen molar-refractivity contribution in [3.8, 4) is 17.0 Å². The molecule has 0 bridgehead atoms. The lowest BCUT2D eigenvalue weighted by atomic mass is 10.1. The van der Waals surface area contributed by atoms with E-state index in [2.05, 4.69) is 10.2 Å². The molecule has 1 saturated heterocycles. The van der Waals surface area contributed by atoms with Crippen LogP contribution >= 0.6 is 11.6 Å². The van der Waals surface area contributed by atoms with Crippen LogP contribution in [-0.2, 0) is 9.84 Å². The summed E-state index contributed by atoms with van der Waals surface area (Å²) in [6.45, 7) is 0.492. The van der Waals surface area contributed by atoms with Gasteiger partial charge < -0.3 is 9.64 Å². The molecule has 4 rings (SSSR count). The molecule has 1 aliphatic heterocycles. The van der Waals surface area contributed by atoms with Gasteiger partial charge in [-0.25, -0.2) is 8.42 Å². The highest BCUT2D eigenvalue weighted by Crippen LogP contribution is 2.29. The first-order chi connectivity index (χ1) is 14.4. The quantitative estimate of drug-likeness (QED) is 0.649. The Bertz CT molecular complexity index is 1170. The van der Waals surface area contributed by atoms with Gasteiger partial charge in [-0.2, -0.15) is 5.10 Å². The second kappa shape index (κ2) is 8.12. The van der Waals surface area contributed by atoms with Crippen LogP contribution in [0, 0.1) is 0 Å². The molecule has 1 N–H and O–H groups in total. The monoisotopic (exact) mass is 445 g/mol. The summed E-state index contributed by atoms with van der Waals surface area (Å²) in [4.78, 5) is 14.7. The molecule has 2 aromatic carbocycles. The lowest BCUT2D eigenvalue weighted by Crippen LogP contribution is -2.32. The fourth-order valence-electron chi connectivity index (χ4n) is 3.58. The number of sulfone groups is 1. The van der Waals surface area contributed by atoms with Gasteiger partial charge in [0.2, 0.25) is 0 Å². The van der Waals surface area contributed by atoms with E-state index >= 15 is 0 Å². The summed E-state index contributed by atoms with van der Waals surface area (Å²) in [5.41, 5.74) is 1.65. The van der Waals surface area contributed by atoms with E-state index in [1.54, 1.807) is 25.3 Å². The van der Waals surface area contributed by atoms with Crippen molar-refractivity contribution < 1.29 is 17.9 Å². The van der Waals surface area contributed by atoms with Crippen molar-refractivity contribution in [1.82, 2.24) is 15.1 Å². The number of hydrogen-bond acceptors (Lipinski definition) is 5. The van der Waals surface area contributed by atoms with Crippen LogP contribution in [-0.4, -0.2) is 54.9 Å². The van der Waals surface area contributed by atoms with Gasteiger partial charge in [-0.1, -0.05) is 23.7 Å². The number of halogens is 1. The van der Waals surface area contributed by atoms with Crippen molar-refractivity contribution in [1.29, 1.82) is 0 Å². The Morgan fingerprint density at radius 1 is 1.20 bits per heavy atom. The van der Waals surface area contributed by atoms with E-state index in [1.807, 2.05) is 24.3 Å². The lowest BCUT2D eigenvalue weighted by molar-refractivity contribution is 0.0787. The molecule has 2 heterocycles. The lowest BCUT2D eigenvalue weighted by Gasteiger charge is -2.16. The molecule has 9 heteroatoms. The number of para-hydroxylation sites is 1. The second-order valence-electron chi connectivity index (χ2n) is 7.03. The minimum absolute atomic E-state index is 0.132. The van der Waals surface area contributed by atoms with Gasteiger partial charge in [0.15, 0.2) is 9.84 Å². The third-order valence-corrected chi connectivity index (χ3v) is 7.65. The molecular formula is C21H20ClN3O4S. The van der Waals surface area contributed by atoms with Crippen LogP contribution in [0.1, 0.15) is 16.9 Å². The maximum Gasteiger partial charge on any atom is 0.271 e. The van der Waals surface area contributed by atoms with Gasteiger partial charge in [0.25, 0.3) is 5.91 Å². The molecule has 30 heavy (non-hydrogen) atoms. The predicted octanol–water partition coefficient (Wildman–Crippen LogP) is 3.43. The number of rotatable bonds is 5. The molecule has 3 aromatic rings. The zero-order valence-electron chi connectivity index (χ0n) is 16.2. The molecular weight excluding hydrogens is 426 g/mol. The SMILES string of the molecule is COc1ccccc1-c1cc(C(=O)N2CCC(S(=O)(=O)c3ccc(Cl)cc3)C2)[nH]n1. The molecule has 1 aliphatic rings. The number of aromatic nitrogens is 2. The van der Waals surface area contributed by atoms with E-state index < -0.39 is 15.1 Å². The minimum atomic E-state index is -3.55. The largest absolute Gasteiger partial charge is 0.496 e. The number of ether oxygens (including phenoxy) is 1. The van der Waals surface area contributed by atoms with E-state index in [1.165, 1.54) is 17.0 Å². The van der Waals surface area contributed by atoms with Crippen LogP contribution in [0.3, 0.4) is 0 Å². The zero-order valence-corrected chi connectivity index (χ0v) is 17.8. The van der Waals surface area contributed by atoms with Crippen LogP contribution in [0.5, 0.6) is 5.75 Å². The summed E-state index contributed by atoms with van der Waals surface area (Å²) < 4.78 is 31.1. The van der Waals surface area contributed by atoms with Gasteiger partial charge in [-0.3, -0.25) is 9.89 Å². The Morgan fingerprint density at radius 3 is 2.67 bits per heavy atom. The summed E-state index contributed by atoms with van der Waals surface area (Å²) in [6, 6.07) is 15.1. The van der Waals surface area contributed by atoms with Gasteiger partial charge in [0, 0.05) is 23.7 Å². The van der Waals surface area contributed by atoms with Crippen molar-refractivity contribution >= 4 is 27.3 Å². The van der Waals surface area contributed by atoms with Crippen molar-refractivity contribution in [3.63, 3.8) is 0 Å². The molecule has 0 aliphatic carbocycles. The van der Waals surface area contributed by atoms with Gasteiger partial charge in [0.1, 0.15) is 11.4 Å². The fourth-order valence-corrected chi connectivity index (χ4v) is 5.40. The summed E-state index contributed by atoms with van der Waals surface area (Å²) in [7, 11) is -1.97. The number of carbonyl (C=O) groups is 1. The van der Waals surface area contributed by atoms with E-state index in [-0.39, 0.29) is 17.3 Å². The number of nitrogens with one attached hydrogen (secondary N) is 1. The highest BCUT2D eigenvalue weighted by Gasteiger charge is 2.36. The average molecular weight is 446 g/mol. The Hall–Kier alpha value is -2.84. The summed E-state index contributed by atoms with van der Waals surface area (Å²) in [6.07, 6.45) is 0.379. The van der Waals surface area contributed by atoms with Crippen LogP contribution in [0.2, 0.25) is 5.02 Å². The number of methoxy groups -OCH3 is 1. The summed E-state index contributed by atoms with van der Waals surface area (Å²) >= 11 is 5.85. The predicted molar refractivity (Wildman–Crippen MR) is 114 cm³/mol. The van der Waals surface area contributed by atoms with Crippen LogP contribution in [0.15, 0.2) is 59.5 Å². The molecule has 0 radical (unpaired) electrons. The second-order valence-corrected chi connectivity index (χ2v) is 9.69. The van der Waals surface area contributed by atoms with E-state index in [9.17, 15) is 13.2 Å². The van der Waals surface area contributed by atoms with Gasteiger partial charge in [0.05, 0.1) is 22.9 Å². The normalized spacial score (nSPS) is 16.6. The molecule has 1 amide bonds. The van der Waals surface area contributed by atoms with Crippen molar-refractivity contribution in [2.75, 3.05) is 20.2 Å². The highest BCUT2D eigenvalue weighted by molar-refractivity contribution is 7.92. The van der Waals surface area contributed by atoms with Crippen molar-refractivity contribution in [2.24, 2.45) is 0 Å². The Balaban J connectivity index is 1.51. The van der Waals surface area contributed by atoms with Crippen LogP contribution < -0.4 is 4.74 Å². The third kappa shape index (κ3) is 3.80. The first kappa shape index (κ1) is 20.4. The van der Waals surface area contributed by atoms with Crippen molar-refractivity contribution in [3.05, 3.63) is 65.3 Å². The zero-order chi connectivity index (χ0) is 21.3. The molecule has 1 unspecified atom stereocenters. The number of hydrogen-bond donors (Lipinski definition) is 1. The summed E-state index contributed by atoms with van der Waals surface area (Å²) in [5.74, 6) is 0.371. The van der Waals surface area contributed by atoms with E-state index in [0.717, 1.165) is 5.56 Å². The fraction of sp³-hybridized carbons (Fsp3) is 0.238. The number of benzene rings is 2. The van der Waals surface area contributed by atoms with Gasteiger partial charge in [-0.05, 0) is 48.9 Å². The molecule has 156 valence electrons. The molecule has 1 aromatic heterocycles. The first-order valence-electron chi connectivity index (χ1n) is 9.37. The third-order valence-electron chi connectivity index (χ3n) is 5.20. The number of likely N-dealkylation sites (tertiary alicyclic amines) is 1. The molecule has 1 fully saturated rings. The summed E-state index contributed by atoms with van der Waals surface area (Å²) in [5, 5.41) is 6.81. The average Bonchev–Trinajstić information content (AvgIpc) is 3.44. The smallest absolute Gasteiger partial charge is 0.271 e. The number of nitrogens with zero attached hydrogens (tertiary/aromatic N) is 2. The van der Waals surface area contributed by atoms with E-state index in [4.69, 9.17) is 16.3 Å². The topological polar surface area (TPSA) is 92.4 Å². The van der Waals surface area contributed by atoms with Crippen LogP contribution in [0.4, 0.5) is 0 Å². The first-order valence-corrected chi connectivity index (χ1v) is 11.3. The number of amides is 1. The molecule has 0 saturated carbocycles. The van der Waals surface area contributed by atoms with Gasteiger partial charge >= 0.3 is 0 Å². The Labute approximate surface area is 179 Å². The maximum absolute atomic E-state index is 12.9. The highest BCUT2D eigenvalue weighted by atomic mass is 35.5.